The smallest absolute Gasteiger partial charge is 0.328 e. The van der Waals surface area contributed by atoms with Crippen molar-refractivity contribution >= 4 is 5.97 Å². The van der Waals surface area contributed by atoms with Gasteiger partial charge in [-0.15, -0.1) is 0 Å². The van der Waals surface area contributed by atoms with E-state index in [0.717, 1.165) is 42.8 Å². The first-order valence-electron chi connectivity index (χ1n) is 11.9. The highest BCUT2D eigenvalue weighted by Crippen LogP contribution is 2.43. The van der Waals surface area contributed by atoms with Gasteiger partial charge in [0.2, 0.25) is 0 Å². The largest absolute Gasteiger partial charge is 0.496 e. The number of nitrogens with one attached hydrogen (secondary N) is 1. The van der Waals surface area contributed by atoms with E-state index >= 15 is 0 Å². The van der Waals surface area contributed by atoms with Gasteiger partial charge < -0.3 is 19.7 Å². The fourth-order valence-electron chi connectivity index (χ4n) is 5.35. The number of carboxylic acid groups (broad SMARTS) is 1. The van der Waals surface area contributed by atoms with E-state index in [4.69, 9.17) is 14.6 Å². The van der Waals surface area contributed by atoms with E-state index in [1.807, 2.05) is 18.2 Å². The summed E-state index contributed by atoms with van der Waals surface area (Å²) >= 11 is 0. The fourth-order valence-corrected chi connectivity index (χ4v) is 5.35. The van der Waals surface area contributed by atoms with Gasteiger partial charge in [-0.1, -0.05) is 12.1 Å². The molecular weight excluding hydrogens is 454 g/mol. The summed E-state index contributed by atoms with van der Waals surface area (Å²) in [4.78, 5) is 39.1. The van der Waals surface area contributed by atoms with Crippen molar-refractivity contribution in [1.82, 2.24) is 14.5 Å². The Morgan fingerprint density at radius 1 is 1.26 bits per heavy atom. The highest BCUT2D eigenvalue weighted by Gasteiger charge is 2.50. The van der Waals surface area contributed by atoms with Crippen LogP contribution in [0.2, 0.25) is 0 Å². The van der Waals surface area contributed by atoms with Crippen molar-refractivity contribution in [3.05, 3.63) is 62.4 Å². The van der Waals surface area contributed by atoms with Crippen LogP contribution in [0.25, 0.3) is 0 Å². The topological polar surface area (TPSA) is 134 Å². The van der Waals surface area contributed by atoms with E-state index in [2.05, 4.69) is 9.88 Å². The minimum atomic E-state index is -1.18. The van der Waals surface area contributed by atoms with E-state index in [1.165, 1.54) is 16.8 Å². The lowest BCUT2D eigenvalue weighted by Crippen LogP contribution is -2.58. The molecule has 2 fully saturated rings. The molecule has 0 saturated carbocycles. The molecule has 2 aliphatic heterocycles. The number of hydrogen-bond acceptors (Lipinski definition) is 7. The quantitative estimate of drug-likeness (QED) is 0.532. The number of aromatic nitrogens is 2. The Labute approximate surface area is 203 Å². The lowest BCUT2D eigenvalue weighted by Gasteiger charge is -2.51. The van der Waals surface area contributed by atoms with Crippen molar-refractivity contribution in [3.8, 4) is 5.75 Å². The molecule has 0 amide bonds. The standard InChI is InChI=1S/C25H33N3O7/c1-24(33)16-25(35-15-20(24)28-10-7-21(29)26-23(28)32)8-11-27(12-9-25)14-18-13-17(4-6-22(30)31)3-5-19(18)34-2/h3,5,7,10,13,20,33H,4,6,8-9,11-12,14-16H2,1-2H3,(H,30,31)(H,26,29,32)/t20-,24-/m0/s1. The van der Waals surface area contributed by atoms with Gasteiger partial charge in [-0.25, -0.2) is 4.79 Å². The fraction of sp³-hybridized carbons (Fsp3) is 0.560. The van der Waals surface area contributed by atoms with E-state index < -0.39 is 34.5 Å². The highest BCUT2D eigenvalue weighted by molar-refractivity contribution is 5.67. The number of ether oxygens (including phenoxy) is 2. The van der Waals surface area contributed by atoms with E-state index in [-0.39, 0.29) is 13.0 Å². The predicted molar refractivity (Wildman–Crippen MR) is 128 cm³/mol. The van der Waals surface area contributed by atoms with Gasteiger partial charge in [-0.05, 0) is 37.8 Å². The Morgan fingerprint density at radius 3 is 2.63 bits per heavy atom. The van der Waals surface area contributed by atoms with Crippen LogP contribution in [0.1, 0.15) is 49.8 Å². The molecule has 2 aliphatic rings. The summed E-state index contributed by atoms with van der Waals surface area (Å²) < 4.78 is 13.2. The summed E-state index contributed by atoms with van der Waals surface area (Å²) in [6.45, 7) is 4.10. The Kier molecular flexibility index (Phi) is 7.16. The second kappa shape index (κ2) is 9.96. The number of benzene rings is 1. The lowest BCUT2D eigenvalue weighted by molar-refractivity contribution is -0.197. The number of aryl methyl sites for hydroxylation is 1. The van der Waals surface area contributed by atoms with Crippen LogP contribution in [-0.2, 0) is 22.5 Å². The monoisotopic (exact) mass is 487 g/mol. The zero-order chi connectivity index (χ0) is 25.2. The van der Waals surface area contributed by atoms with Crippen molar-refractivity contribution in [2.75, 3.05) is 26.8 Å². The molecule has 3 heterocycles. The van der Waals surface area contributed by atoms with Crippen LogP contribution in [0.15, 0.2) is 40.1 Å². The third-order valence-electron chi connectivity index (χ3n) is 7.27. The molecule has 1 spiro atoms. The van der Waals surface area contributed by atoms with Gasteiger partial charge >= 0.3 is 11.7 Å². The van der Waals surface area contributed by atoms with Crippen LogP contribution in [0.3, 0.4) is 0 Å². The number of aliphatic carboxylic acids is 1. The predicted octanol–water partition coefficient (Wildman–Crippen LogP) is 1.31. The Morgan fingerprint density at radius 2 is 2.00 bits per heavy atom. The van der Waals surface area contributed by atoms with Crippen molar-refractivity contribution < 1.29 is 24.5 Å². The average molecular weight is 488 g/mol. The first-order chi connectivity index (χ1) is 16.6. The van der Waals surface area contributed by atoms with Gasteiger partial charge in [0.05, 0.1) is 31.0 Å². The second-order valence-electron chi connectivity index (χ2n) is 9.88. The number of aliphatic hydroxyl groups is 1. The zero-order valence-electron chi connectivity index (χ0n) is 20.2. The number of carboxylic acids is 1. The van der Waals surface area contributed by atoms with Gasteiger partial charge in [0.25, 0.3) is 5.56 Å². The highest BCUT2D eigenvalue weighted by atomic mass is 16.5. The van der Waals surface area contributed by atoms with Crippen molar-refractivity contribution in [1.29, 1.82) is 0 Å². The maximum atomic E-state index is 12.3. The summed E-state index contributed by atoms with van der Waals surface area (Å²) in [6.07, 6.45) is 3.81. The molecule has 10 heteroatoms. The number of nitrogens with zero attached hydrogens (tertiary/aromatic N) is 2. The molecule has 4 rings (SSSR count). The molecule has 0 bridgehead atoms. The summed E-state index contributed by atoms with van der Waals surface area (Å²) in [7, 11) is 1.63. The van der Waals surface area contributed by atoms with Crippen LogP contribution in [0.4, 0.5) is 0 Å². The van der Waals surface area contributed by atoms with Crippen LogP contribution in [0.5, 0.6) is 5.75 Å². The summed E-state index contributed by atoms with van der Waals surface area (Å²) in [5.74, 6) is -0.0462. The number of aromatic amines is 1. The molecule has 2 atom stereocenters. The number of carbonyl (C=O) groups is 1. The molecular formula is C25H33N3O7. The summed E-state index contributed by atoms with van der Waals surface area (Å²) in [6, 6.07) is 6.48. The van der Waals surface area contributed by atoms with Crippen LogP contribution in [-0.4, -0.2) is 68.6 Å². The van der Waals surface area contributed by atoms with E-state index in [9.17, 15) is 19.5 Å². The third kappa shape index (κ3) is 5.66. The molecule has 10 nitrogen and oxygen atoms in total. The molecule has 2 saturated heterocycles. The number of hydrogen-bond donors (Lipinski definition) is 3. The molecule has 190 valence electrons. The normalized spacial score (nSPS) is 24.4. The first kappa shape index (κ1) is 25.2. The van der Waals surface area contributed by atoms with Crippen LogP contribution in [0, 0.1) is 0 Å². The van der Waals surface area contributed by atoms with Crippen molar-refractivity contribution in [2.45, 2.75) is 62.8 Å². The molecule has 35 heavy (non-hydrogen) atoms. The maximum absolute atomic E-state index is 12.3. The maximum Gasteiger partial charge on any atom is 0.328 e. The van der Waals surface area contributed by atoms with E-state index in [0.29, 0.717) is 19.4 Å². The lowest BCUT2D eigenvalue weighted by atomic mass is 9.75. The number of H-pyrrole nitrogens is 1. The van der Waals surface area contributed by atoms with Crippen molar-refractivity contribution in [3.63, 3.8) is 0 Å². The molecule has 2 aromatic rings. The number of rotatable bonds is 7. The van der Waals surface area contributed by atoms with Gasteiger partial charge in [-0.2, -0.15) is 0 Å². The Balaban J connectivity index is 1.41. The number of methoxy groups -OCH3 is 1. The SMILES string of the molecule is COc1ccc(CCC(=O)O)cc1CN1CCC2(CC1)C[C@](C)(O)[C@@H](n1ccc(=O)[nH]c1=O)CO2. The minimum Gasteiger partial charge on any atom is -0.496 e. The zero-order valence-corrected chi connectivity index (χ0v) is 20.2. The van der Waals surface area contributed by atoms with Gasteiger partial charge in [-0.3, -0.25) is 24.0 Å². The summed E-state index contributed by atoms with van der Waals surface area (Å²) in [5.41, 5.74) is -0.709. The number of likely N-dealkylation sites (tertiary alicyclic amines) is 1. The Bertz CT molecular complexity index is 1180. The van der Waals surface area contributed by atoms with Gasteiger partial charge in [0.1, 0.15) is 5.75 Å². The molecule has 0 aliphatic carbocycles. The van der Waals surface area contributed by atoms with Crippen LogP contribution < -0.4 is 16.0 Å². The van der Waals surface area contributed by atoms with E-state index in [1.54, 1.807) is 14.0 Å². The van der Waals surface area contributed by atoms with Gasteiger partial charge in [0.15, 0.2) is 0 Å². The molecule has 1 aromatic carbocycles. The van der Waals surface area contributed by atoms with Gasteiger partial charge in [0, 0.05) is 50.3 Å². The molecule has 0 unspecified atom stereocenters. The molecule has 0 radical (unpaired) electrons. The van der Waals surface area contributed by atoms with Crippen molar-refractivity contribution in [2.24, 2.45) is 0 Å². The second-order valence-corrected chi connectivity index (χ2v) is 9.88. The summed E-state index contributed by atoms with van der Waals surface area (Å²) in [5, 5.41) is 20.3. The molecule has 3 N–H and O–H groups in total. The Hall–Kier alpha value is -2.95. The third-order valence-corrected chi connectivity index (χ3v) is 7.27. The van der Waals surface area contributed by atoms with Crippen LogP contribution >= 0.6 is 0 Å². The minimum absolute atomic E-state index is 0.0848. The number of piperidine rings is 1. The first-order valence-corrected chi connectivity index (χ1v) is 11.9. The average Bonchev–Trinajstić information content (AvgIpc) is 2.80. The molecule has 1 aromatic heterocycles.